The maximum atomic E-state index is 14.0. The molecule has 0 aliphatic heterocycles. The van der Waals surface area contributed by atoms with Crippen LogP contribution < -0.4 is 0 Å². The first-order valence-corrected chi connectivity index (χ1v) is 5.44. The first-order valence-electron chi connectivity index (χ1n) is 5.44. The molecule has 3 rings (SSSR count). The second-order valence-electron chi connectivity index (χ2n) is 3.89. The molecule has 0 bridgehead atoms. The first kappa shape index (κ1) is 9.97. The minimum atomic E-state index is -0.234. The van der Waals surface area contributed by atoms with E-state index in [-0.39, 0.29) is 5.82 Å². The second-order valence-corrected chi connectivity index (χ2v) is 3.89. The van der Waals surface area contributed by atoms with Crippen LogP contribution in [0.2, 0.25) is 0 Å². The predicted molar refractivity (Wildman–Crippen MR) is 67.1 cm³/mol. The lowest BCUT2D eigenvalue weighted by atomic mass is 10.0. The van der Waals surface area contributed by atoms with Crippen molar-refractivity contribution in [3.63, 3.8) is 0 Å². The fourth-order valence-electron chi connectivity index (χ4n) is 1.93. The Labute approximate surface area is 98.6 Å². The van der Waals surface area contributed by atoms with Crippen LogP contribution in [-0.4, -0.2) is 4.98 Å². The molecule has 2 aromatic carbocycles. The topological polar surface area (TPSA) is 12.9 Å². The van der Waals surface area contributed by atoms with E-state index in [1.54, 1.807) is 12.3 Å². The molecule has 0 spiro atoms. The van der Waals surface area contributed by atoms with Gasteiger partial charge in [-0.3, -0.25) is 4.98 Å². The molecule has 0 unspecified atom stereocenters. The summed E-state index contributed by atoms with van der Waals surface area (Å²) in [5, 5.41) is 1.93. The number of halogens is 1. The Balaban J connectivity index is 2.27. The maximum Gasteiger partial charge on any atom is 0.133 e. The van der Waals surface area contributed by atoms with Gasteiger partial charge in [-0.15, -0.1) is 0 Å². The van der Waals surface area contributed by atoms with E-state index in [4.69, 9.17) is 0 Å². The Kier molecular flexibility index (Phi) is 2.33. The zero-order chi connectivity index (χ0) is 11.7. The Bertz CT molecular complexity index is 662. The molecule has 0 fully saturated rings. The van der Waals surface area contributed by atoms with Gasteiger partial charge in [0, 0.05) is 11.8 Å². The third-order valence-electron chi connectivity index (χ3n) is 2.78. The highest BCUT2D eigenvalue weighted by Crippen LogP contribution is 2.26. The minimum Gasteiger partial charge on any atom is -0.256 e. The molecule has 0 saturated heterocycles. The molecule has 0 aliphatic carbocycles. The van der Waals surface area contributed by atoms with Crippen molar-refractivity contribution in [2.45, 2.75) is 0 Å². The summed E-state index contributed by atoms with van der Waals surface area (Å²) in [6, 6.07) is 16.6. The van der Waals surface area contributed by atoms with Crippen molar-refractivity contribution in [3.8, 4) is 11.3 Å². The number of aromatic nitrogens is 1. The van der Waals surface area contributed by atoms with Crippen LogP contribution in [-0.2, 0) is 0 Å². The number of nitrogens with zero attached hydrogens (tertiary/aromatic N) is 1. The summed E-state index contributed by atoms with van der Waals surface area (Å²) in [6.07, 6.45) is 1.67. The van der Waals surface area contributed by atoms with Crippen molar-refractivity contribution in [2.24, 2.45) is 0 Å². The maximum absolute atomic E-state index is 14.0. The number of hydrogen-bond acceptors (Lipinski definition) is 1. The van der Waals surface area contributed by atoms with Gasteiger partial charge in [0.15, 0.2) is 0 Å². The van der Waals surface area contributed by atoms with Crippen LogP contribution in [0.1, 0.15) is 0 Å². The van der Waals surface area contributed by atoms with Crippen LogP contribution in [0.3, 0.4) is 0 Å². The van der Waals surface area contributed by atoms with E-state index in [9.17, 15) is 4.39 Å². The number of hydrogen-bond donors (Lipinski definition) is 0. The molecule has 1 nitrogen and oxygen atoms in total. The average Bonchev–Trinajstić information content (AvgIpc) is 2.39. The summed E-state index contributed by atoms with van der Waals surface area (Å²) >= 11 is 0. The van der Waals surface area contributed by atoms with Crippen molar-refractivity contribution < 1.29 is 4.39 Å². The van der Waals surface area contributed by atoms with Crippen LogP contribution in [0.5, 0.6) is 0 Å². The highest BCUT2D eigenvalue weighted by atomic mass is 19.1. The van der Waals surface area contributed by atoms with Crippen LogP contribution in [0.4, 0.5) is 4.39 Å². The monoisotopic (exact) mass is 223 g/mol. The quantitative estimate of drug-likeness (QED) is 0.606. The molecule has 1 heterocycles. The highest BCUT2D eigenvalue weighted by molar-refractivity contribution is 5.87. The van der Waals surface area contributed by atoms with E-state index in [0.717, 1.165) is 10.8 Å². The Morgan fingerprint density at radius 3 is 2.24 bits per heavy atom. The van der Waals surface area contributed by atoms with E-state index in [1.165, 1.54) is 0 Å². The van der Waals surface area contributed by atoms with E-state index >= 15 is 0 Å². The van der Waals surface area contributed by atoms with Crippen molar-refractivity contribution in [1.29, 1.82) is 0 Å². The molecule has 3 aromatic rings. The number of rotatable bonds is 1. The normalized spacial score (nSPS) is 10.6. The zero-order valence-electron chi connectivity index (χ0n) is 9.10. The molecule has 82 valence electrons. The lowest BCUT2D eigenvalue weighted by molar-refractivity contribution is 0.632. The smallest absolute Gasteiger partial charge is 0.133 e. The molecule has 2 heteroatoms. The Morgan fingerprint density at radius 2 is 1.53 bits per heavy atom. The van der Waals surface area contributed by atoms with Crippen LogP contribution in [0.25, 0.3) is 22.0 Å². The lowest BCUT2D eigenvalue weighted by Crippen LogP contribution is -1.87. The molecule has 0 amide bonds. The molecule has 0 N–H and O–H groups in total. The number of fused-ring (bicyclic) bond motifs is 1. The van der Waals surface area contributed by atoms with Gasteiger partial charge in [0.05, 0.1) is 5.69 Å². The van der Waals surface area contributed by atoms with Crippen LogP contribution in [0, 0.1) is 5.82 Å². The number of pyridine rings is 1. The lowest BCUT2D eigenvalue weighted by Gasteiger charge is -2.05. The fourth-order valence-corrected chi connectivity index (χ4v) is 1.93. The van der Waals surface area contributed by atoms with Crippen LogP contribution in [0.15, 0.2) is 60.8 Å². The number of benzene rings is 2. The van der Waals surface area contributed by atoms with E-state index in [2.05, 4.69) is 4.98 Å². The third kappa shape index (κ3) is 1.78. The molecule has 0 aliphatic rings. The average molecular weight is 223 g/mol. The van der Waals surface area contributed by atoms with Crippen molar-refractivity contribution in [1.82, 2.24) is 4.98 Å². The standard InChI is InChI=1S/C15H10FN/c16-14-10-12-6-2-1-5-11(12)9-13(14)15-7-3-4-8-17-15/h1-10H. The van der Waals surface area contributed by atoms with E-state index in [1.807, 2.05) is 48.5 Å². The highest BCUT2D eigenvalue weighted by Gasteiger charge is 2.07. The molecule has 1 aromatic heterocycles. The summed E-state index contributed by atoms with van der Waals surface area (Å²) in [5.74, 6) is -0.234. The van der Waals surface area contributed by atoms with Crippen molar-refractivity contribution in [2.75, 3.05) is 0 Å². The van der Waals surface area contributed by atoms with Gasteiger partial charge in [-0.2, -0.15) is 0 Å². The molecule has 0 saturated carbocycles. The van der Waals surface area contributed by atoms with Gasteiger partial charge >= 0.3 is 0 Å². The van der Waals surface area contributed by atoms with Crippen LogP contribution >= 0.6 is 0 Å². The zero-order valence-corrected chi connectivity index (χ0v) is 9.10. The predicted octanol–water partition coefficient (Wildman–Crippen LogP) is 4.04. The Morgan fingerprint density at radius 1 is 0.824 bits per heavy atom. The van der Waals surface area contributed by atoms with E-state index < -0.39 is 0 Å². The van der Waals surface area contributed by atoms with Gasteiger partial charge < -0.3 is 0 Å². The summed E-state index contributed by atoms with van der Waals surface area (Å²) in [7, 11) is 0. The van der Waals surface area contributed by atoms with Gasteiger partial charge in [0.1, 0.15) is 5.82 Å². The Hall–Kier alpha value is -2.22. The van der Waals surface area contributed by atoms with Gasteiger partial charge in [-0.1, -0.05) is 30.3 Å². The summed E-state index contributed by atoms with van der Waals surface area (Å²) < 4.78 is 14.0. The summed E-state index contributed by atoms with van der Waals surface area (Å²) in [6.45, 7) is 0. The second kappa shape index (κ2) is 3.98. The third-order valence-corrected chi connectivity index (χ3v) is 2.78. The molecular weight excluding hydrogens is 213 g/mol. The van der Waals surface area contributed by atoms with E-state index in [0.29, 0.717) is 11.3 Å². The SMILES string of the molecule is Fc1cc2ccccc2cc1-c1ccccn1. The molecular formula is C15H10FN. The van der Waals surface area contributed by atoms with Gasteiger partial charge in [0.2, 0.25) is 0 Å². The minimum absolute atomic E-state index is 0.234. The van der Waals surface area contributed by atoms with Crippen molar-refractivity contribution >= 4 is 10.8 Å². The summed E-state index contributed by atoms with van der Waals surface area (Å²) in [4.78, 5) is 4.18. The first-order chi connectivity index (χ1) is 8.34. The van der Waals surface area contributed by atoms with Gasteiger partial charge in [-0.05, 0) is 35.0 Å². The van der Waals surface area contributed by atoms with Gasteiger partial charge in [0.25, 0.3) is 0 Å². The fraction of sp³-hybridized carbons (Fsp3) is 0. The largest absolute Gasteiger partial charge is 0.256 e. The molecule has 0 radical (unpaired) electrons. The summed E-state index contributed by atoms with van der Waals surface area (Å²) in [5.41, 5.74) is 1.21. The molecule has 17 heavy (non-hydrogen) atoms. The molecule has 0 atom stereocenters. The van der Waals surface area contributed by atoms with Crippen molar-refractivity contribution in [3.05, 3.63) is 66.6 Å². The van der Waals surface area contributed by atoms with Gasteiger partial charge in [-0.25, -0.2) is 4.39 Å².